The minimum absolute atomic E-state index is 0.0470. The van der Waals surface area contributed by atoms with E-state index < -0.39 is 6.10 Å². The molecule has 2 aromatic rings. The minimum atomic E-state index is -0.510. The van der Waals surface area contributed by atoms with Gasteiger partial charge < -0.3 is 20.1 Å². The Bertz CT molecular complexity index is 986. The molecule has 3 saturated heterocycles. The summed E-state index contributed by atoms with van der Waals surface area (Å²) < 4.78 is 5.16. The maximum Gasteiger partial charge on any atom is 0.312 e. The highest BCUT2D eigenvalue weighted by Crippen LogP contribution is 2.40. The SMILES string of the molecule is O=C(c1ccc(C[C@@H]2CC[C@H]([C@H](O)c3ccccc3)N2)cn1)N1CCC2(CCOC2=O)CC1. The molecule has 33 heavy (non-hydrogen) atoms. The zero-order valence-corrected chi connectivity index (χ0v) is 18.8. The first-order valence-corrected chi connectivity index (χ1v) is 11.9. The lowest BCUT2D eigenvalue weighted by Gasteiger charge is -2.36. The van der Waals surface area contributed by atoms with Crippen LogP contribution in [0.5, 0.6) is 0 Å². The lowest BCUT2D eigenvalue weighted by molar-refractivity contribution is -0.148. The second-order valence-corrected chi connectivity index (χ2v) is 9.62. The van der Waals surface area contributed by atoms with E-state index in [4.69, 9.17) is 4.74 Å². The maximum atomic E-state index is 12.9. The van der Waals surface area contributed by atoms with E-state index in [2.05, 4.69) is 10.3 Å². The van der Waals surface area contributed by atoms with Crippen LogP contribution in [0, 0.1) is 5.41 Å². The summed E-state index contributed by atoms with van der Waals surface area (Å²) in [5.41, 5.74) is 2.08. The van der Waals surface area contributed by atoms with Crippen LogP contribution in [-0.2, 0) is 16.0 Å². The normalized spacial score (nSPS) is 25.2. The van der Waals surface area contributed by atoms with E-state index >= 15 is 0 Å². The lowest BCUT2D eigenvalue weighted by atomic mass is 9.77. The number of carbonyl (C=O) groups is 2. The van der Waals surface area contributed by atoms with Gasteiger partial charge in [-0.25, -0.2) is 0 Å². The number of nitrogens with one attached hydrogen (secondary N) is 1. The van der Waals surface area contributed by atoms with Crippen LogP contribution in [0.25, 0.3) is 0 Å². The predicted octanol–water partition coefficient (Wildman–Crippen LogP) is 2.65. The van der Waals surface area contributed by atoms with Gasteiger partial charge in [0.15, 0.2) is 0 Å². The second kappa shape index (κ2) is 9.23. The van der Waals surface area contributed by atoms with E-state index in [0.29, 0.717) is 38.2 Å². The number of amides is 1. The fraction of sp³-hybridized carbons (Fsp3) is 0.500. The van der Waals surface area contributed by atoms with Crippen LogP contribution in [0.15, 0.2) is 48.7 Å². The molecule has 7 nitrogen and oxygen atoms in total. The third kappa shape index (κ3) is 4.52. The van der Waals surface area contributed by atoms with E-state index in [1.165, 1.54) is 0 Å². The number of ether oxygens (including phenoxy) is 1. The number of benzene rings is 1. The molecule has 0 saturated carbocycles. The van der Waals surface area contributed by atoms with Gasteiger partial charge in [0, 0.05) is 31.4 Å². The van der Waals surface area contributed by atoms with Crippen molar-refractivity contribution in [3.63, 3.8) is 0 Å². The van der Waals surface area contributed by atoms with Crippen molar-refractivity contribution in [2.45, 2.75) is 56.7 Å². The summed E-state index contributed by atoms with van der Waals surface area (Å²) in [7, 11) is 0. The molecule has 3 fully saturated rings. The van der Waals surface area contributed by atoms with Crippen LogP contribution >= 0.6 is 0 Å². The van der Waals surface area contributed by atoms with Crippen LogP contribution in [0.2, 0.25) is 0 Å². The van der Waals surface area contributed by atoms with E-state index in [0.717, 1.165) is 36.8 Å². The molecule has 3 aliphatic heterocycles. The molecule has 0 radical (unpaired) electrons. The maximum absolute atomic E-state index is 12.9. The summed E-state index contributed by atoms with van der Waals surface area (Å²) in [4.78, 5) is 31.2. The van der Waals surface area contributed by atoms with Crippen molar-refractivity contribution in [2.24, 2.45) is 5.41 Å². The molecule has 7 heteroatoms. The van der Waals surface area contributed by atoms with Gasteiger partial charge in [-0.3, -0.25) is 14.6 Å². The predicted molar refractivity (Wildman–Crippen MR) is 122 cm³/mol. The second-order valence-electron chi connectivity index (χ2n) is 9.62. The van der Waals surface area contributed by atoms with Crippen LogP contribution in [0.4, 0.5) is 0 Å². The number of hydrogen-bond acceptors (Lipinski definition) is 6. The van der Waals surface area contributed by atoms with E-state index in [-0.39, 0.29) is 29.4 Å². The highest BCUT2D eigenvalue weighted by atomic mass is 16.5. The van der Waals surface area contributed by atoms with Crippen molar-refractivity contribution in [1.82, 2.24) is 15.2 Å². The van der Waals surface area contributed by atoms with Gasteiger partial charge in [0.05, 0.1) is 18.1 Å². The Kier molecular flexibility index (Phi) is 6.17. The molecule has 1 aromatic carbocycles. The molecule has 0 unspecified atom stereocenters. The molecule has 1 spiro atoms. The summed E-state index contributed by atoms with van der Waals surface area (Å²) in [6.45, 7) is 1.63. The van der Waals surface area contributed by atoms with Gasteiger partial charge in [-0.1, -0.05) is 36.4 Å². The molecule has 5 rings (SSSR count). The first kappa shape index (κ1) is 22.0. The lowest BCUT2D eigenvalue weighted by Crippen LogP contribution is -2.45. The number of likely N-dealkylation sites (tertiary alicyclic amines) is 1. The van der Waals surface area contributed by atoms with Gasteiger partial charge in [0.2, 0.25) is 0 Å². The Morgan fingerprint density at radius 3 is 2.61 bits per heavy atom. The molecular formula is C26H31N3O4. The highest BCUT2D eigenvalue weighted by molar-refractivity contribution is 5.92. The number of hydrogen-bond donors (Lipinski definition) is 2. The number of esters is 1. The largest absolute Gasteiger partial charge is 0.465 e. The average Bonchev–Trinajstić information content (AvgIpc) is 3.46. The number of piperidine rings is 1. The third-order valence-electron chi connectivity index (χ3n) is 7.58. The topological polar surface area (TPSA) is 91.8 Å². The van der Waals surface area contributed by atoms with E-state index in [9.17, 15) is 14.7 Å². The van der Waals surface area contributed by atoms with Crippen LogP contribution in [0.1, 0.15) is 59.8 Å². The monoisotopic (exact) mass is 449 g/mol. The van der Waals surface area contributed by atoms with Crippen molar-refractivity contribution >= 4 is 11.9 Å². The van der Waals surface area contributed by atoms with E-state index in [1.54, 1.807) is 17.2 Å². The Hall–Kier alpha value is -2.77. The fourth-order valence-corrected chi connectivity index (χ4v) is 5.45. The quantitative estimate of drug-likeness (QED) is 0.682. The van der Waals surface area contributed by atoms with Crippen LogP contribution < -0.4 is 5.32 Å². The average molecular weight is 450 g/mol. The van der Waals surface area contributed by atoms with Crippen molar-refractivity contribution in [1.29, 1.82) is 0 Å². The zero-order chi connectivity index (χ0) is 22.8. The Morgan fingerprint density at radius 1 is 1.15 bits per heavy atom. The zero-order valence-electron chi connectivity index (χ0n) is 18.8. The van der Waals surface area contributed by atoms with Gasteiger partial charge in [-0.05, 0) is 55.7 Å². The number of aliphatic hydroxyl groups is 1. The Balaban J connectivity index is 1.14. The highest BCUT2D eigenvalue weighted by Gasteiger charge is 2.47. The number of nitrogens with zero attached hydrogens (tertiary/aromatic N) is 2. The summed E-state index contributed by atoms with van der Waals surface area (Å²) in [6.07, 6.45) is 6.10. The molecule has 3 aliphatic rings. The summed E-state index contributed by atoms with van der Waals surface area (Å²) in [5.74, 6) is -0.177. The Labute approximate surface area is 194 Å². The van der Waals surface area contributed by atoms with Gasteiger partial charge >= 0.3 is 5.97 Å². The molecule has 1 aromatic heterocycles. The third-order valence-corrected chi connectivity index (χ3v) is 7.58. The van der Waals surface area contributed by atoms with Gasteiger partial charge in [0.25, 0.3) is 5.91 Å². The fourth-order valence-electron chi connectivity index (χ4n) is 5.45. The molecular weight excluding hydrogens is 418 g/mol. The first-order chi connectivity index (χ1) is 16.0. The molecule has 2 N–H and O–H groups in total. The summed E-state index contributed by atoms with van der Waals surface area (Å²) >= 11 is 0. The minimum Gasteiger partial charge on any atom is -0.465 e. The van der Waals surface area contributed by atoms with Gasteiger partial charge in [-0.2, -0.15) is 0 Å². The number of carbonyl (C=O) groups excluding carboxylic acids is 2. The molecule has 3 atom stereocenters. The van der Waals surface area contributed by atoms with Gasteiger partial charge in [0.1, 0.15) is 5.69 Å². The van der Waals surface area contributed by atoms with Crippen molar-refractivity contribution in [2.75, 3.05) is 19.7 Å². The van der Waals surface area contributed by atoms with Crippen molar-refractivity contribution in [3.8, 4) is 0 Å². The summed E-state index contributed by atoms with van der Waals surface area (Å²) in [6, 6.07) is 13.9. The smallest absolute Gasteiger partial charge is 0.312 e. The molecule has 0 bridgehead atoms. The molecule has 1 amide bonds. The number of aromatic nitrogens is 1. The first-order valence-electron chi connectivity index (χ1n) is 11.9. The van der Waals surface area contributed by atoms with Crippen molar-refractivity contribution in [3.05, 3.63) is 65.5 Å². The molecule has 4 heterocycles. The van der Waals surface area contributed by atoms with Crippen molar-refractivity contribution < 1.29 is 19.4 Å². The number of cyclic esters (lactones) is 1. The summed E-state index contributed by atoms with van der Waals surface area (Å²) in [5, 5.41) is 14.2. The number of pyridine rings is 1. The number of aliphatic hydroxyl groups excluding tert-OH is 1. The number of rotatable bonds is 5. The molecule has 174 valence electrons. The van der Waals surface area contributed by atoms with Crippen LogP contribution in [-0.4, -0.2) is 58.6 Å². The molecule has 0 aliphatic carbocycles. The van der Waals surface area contributed by atoms with Gasteiger partial charge in [-0.15, -0.1) is 0 Å². The standard InChI is InChI=1S/C26H31N3O4/c30-23(19-4-2-1-3-5-19)21-9-7-20(28-21)16-18-6-8-22(27-17-18)24(31)29-13-10-26(11-14-29)12-15-33-25(26)32/h1-6,8,17,20-21,23,28,30H,7,9-16H2/t20-,21+,23+/m0/s1. The Morgan fingerprint density at radius 2 is 1.94 bits per heavy atom. The van der Waals surface area contributed by atoms with Crippen LogP contribution in [0.3, 0.4) is 0 Å². The van der Waals surface area contributed by atoms with E-state index in [1.807, 2.05) is 36.4 Å².